The Bertz CT molecular complexity index is 289. The van der Waals surface area contributed by atoms with Crippen LogP contribution in [0.2, 0.25) is 0 Å². The molecule has 0 aromatic heterocycles. The van der Waals surface area contributed by atoms with Crippen LogP contribution in [-0.4, -0.2) is 27.8 Å². The van der Waals surface area contributed by atoms with Gasteiger partial charge in [0.25, 0.3) is 0 Å². The van der Waals surface area contributed by atoms with Crippen LogP contribution in [0, 0.1) is 11.8 Å². The minimum absolute atomic E-state index is 0.175. The van der Waals surface area contributed by atoms with E-state index in [0.717, 1.165) is 11.8 Å². The molecule has 2 aliphatic carbocycles. The summed E-state index contributed by atoms with van der Waals surface area (Å²) in [6.45, 7) is 12.0. The van der Waals surface area contributed by atoms with Crippen LogP contribution in [0.3, 0.4) is 0 Å². The molecular weight excluding hydrogens is 352 g/mol. The van der Waals surface area contributed by atoms with Crippen LogP contribution in [-0.2, 0) is 13.3 Å². The fraction of sp³-hybridized carbons (Fsp3) is 1.00. The Hall–Kier alpha value is 0.0969. The molecule has 0 aromatic rings. The highest BCUT2D eigenvalue weighted by Crippen LogP contribution is 2.36. The molecule has 0 atom stereocenters. The second-order valence-electron chi connectivity index (χ2n) is 9.35. The van der Waals surface area contributed by atoms with Gasteiger partial charge in [0, 0.05) is 18.3 Å². The second-order valence-corrected chi connectivity index (χ2v) is 10.7. The Balaban J connectivity index is 0.000000271. The third kappa shape index (κ3) is 13.0. The van der Waals surface area contributed by atoms with E-state index in [1.165, 1.54) is 51.4 Å². The van der Waals surface area contributed by atoms with Crippen molar-refractivity contribution >= 4 is 9.53 Å². The van der Waals surface area contributed by atoms with Crippen LogP contribution < -0.4 is 0 Å². The molecule has 0 radical (unpaired) electrons. The van der Waals surface area contributed by atoms with Crippen molar-refractivity contribution in [3.8, 4) is 0 Å². The molecule has 0 aliphatic heterocycles. The Labute approximate surface area is 171 Å². The van der Waals surface area contributed by atoms with E-state index in [4.69, 9.17) is 13.3 Å². The van der Waals surface area contributed by atoms with E-state index < -0.39 is 9.53 Å². The largest absolute Gasteiger partial charge is 0.484 e. The highest BCUT2D eigenvalue weighted by molar-refractivity contribution is 6.36. The highest BCUT2D eigenvalue weighted by atomic mass is 28.3. The van der Waals surface area contributed by atoms with Crippen LogP contribution in [0.5, 0.6) is 0 Å². The molecule has 27 heavy (non-hydrogen) atoms. The van der Waals surface area contributed by atoms with Gasteiger partial charge in [-0.25, -0.2) is 0 Å². The maximum atomic E-state index is 5.57. The summed E-state index contributed by atoms with van der Waals surface area (Å²) in [7, 11) is -1.91. The van der Waals surface area contributed by atoms with Crippen molar-refractivity contribution in [2.24, 2.45) is 11.8 Å². The average molecular weight is 401 g/mol. The molecule has 0 aromatic carbocycles. The lowest BCUT2D eigenvalue weighted by molar-refractivity contribution is 0.0335. The van der Waals surface area contributed by atoms with E-state index in [1.807, 2.05) is 41.5 Å². The number of hydrogen-bond donors (Lipinski definition) is 0. The SMILES string of the molecule is C1CCCC(C2CCCCCC2)CC1.CC(C)O[SiH](OC(C)C)OC(C)C. The monoisotopic (exact) mass is 400 g/mol. The van der Waals surface area contributed by atoms with Crippen LogP contribution >= 0.6 is 0 Å². The van der Waals surface area contributed by atoms with Gasteiger partial charge in [-0.05, 0) is 53.4 Å². The molecule has 0 amide bonds. The summed E-state index contributed by atoms with van der Waals surface area (Å²) >= 11 is 0. The van der Waals surface area contributed by atoms with Crippen LogP contribution in [0.25, 0.3) is 0 Å². The third-order valence-corrected chi connectivity index (χ3v) is 7.92. The van der Waals surface area contributed by atoms with Gasteiger partial charge in [0.1, 0.15) is 0 Å². The molecule has 0 bridgehead atoms. The van der Waals surface area contributed by atoms with E-state index in [-0.39, 0.29) is 18.3 Å². The lowest BCUT2D eigenvalue weighted by Crippen LogP contribution is -2.34. The molecule has 0 heterocycles. The first-order valence-corrected chi connectivity index (χ1v) is 13.3. The van der Waals surface area contributed by atoms with Gasteiger partial charge in [0.15, 0.2) is 0 Å². The summed E-state index contributed by atoms with van der Waals surface area (Å²) in [4.78, 5) is 0. The average Bonchev–Trinajstić information content (AvgIpc) is 2.98. The fourth-order valence-corrected chi connectivity index (χ4v) is 5.85. The standard InChI is InChI=1S/C14H26.C9H22O3Si/c1-2-6-10-13(9-5-1)14-11-7-3-4-8-12-14;1-7(2)10-13(11-8(3)4)12-9(5)6/h13-14H,1-12H2;7-9,13H,1-6H3. The second kappa shape index (κ2) is 15.0. The van der Waals surface area contributed by atoms with Gasteiger partial charge < -0.3 is 13.3 Å². The smallest absolute Gasteiger partial charge is 0.373 e. The molecule has 3 nitrogen and oxygen atoms in total. The molecule has 0 unspecified atom stereocenters. The van der Waals surface area contributed by atoms with E-state index in [0.29, 0.717) is 0 Å². The Morgan fingerprint density at radius 2 is 0.741 bits per heavy atom. The lowest BCUT2D eigenvalue weighted by Gasteiger charge is -2.24. The van der Waals surface area contributed by atoms with Crippen LogP contribution in [0.15, 0.2) is 0 Å². The lowest BCUT2D eigenvalue weighted by atomic mass is 9.81. The predicted molar refractivity (Wildman–Crippen MR) is 118 cm³/mol. The zero-order valence-electron chi connectivity index (χ0n) is 19.2. The first-order chi connectivity index (χ1) is 12.9. The van der Waals surface area contributed by atoms with Crippen molar-refractivity contribution < 1.29 is 13.3 Å². The van der Waals surface area contributed by atoms with Gasteiger partial charge in [0.2, 0.25) is 0 Å². The molecular formula is C23H48O3Si. The first kappa shape index (κ1) is 25.1. The minimum Gasteiger partial charge on any atom is -0.373 e. The van der Waals surface area contributed by atoms with E-state index in [2.05, 4.69) is 0 Å². The summed E-state index contributed by atoms with van der Waals surface area (Å²) < 4.78 is 16.7. The van der Waals surface area contributed by atoms with Gasteiger partial charge in [0.05, 0.1) is 0 Å². The molecule has 4 heteroatoms. The third-order valence-electron chi connectivity index (χ3n) is 5.62. The van der Waals surface area contributed by atoms with Crippen LogP contribution in [0.1, 0.15) is 119 Å². The zero-order chi connectivity index (χ0) is 20.1. The molecule has 162 valence electrons. The predicted octanol–water partition coefficient (Wildman–Crippen LogP) is 6.91. The molecule has 2 rings (SSSR count). The van der Waals surface area contributed by atoms with Crippen molar-refractivity contribution in [1.82, 2.24) is 0 Å². The van der Waals surface area contributed by atoms with Crippen molar-refractivity contribution in [3.63, 3.8) is 0 Å². The molecule has 2 saturated carbocycles. The highest BCUT2D eigenvalue weighted by Gasteiger charge is 2.23. The summed E-state index contributed by atoms with van der Waals surface area (Å²) in [5.41, 5.74) is 0. The van der Waals surface area contributed by atoms with Crippen molar-refractivity contribution in [3.05, 3.63) is 0 Å². The van der Waals surface area contributed by atoms with Crippen LogP contribution in [0.4, 0.5) is 0 Å². The van der Waals surface area contributed by atoms with E-state index in [9.17, 15) is 0 Å². The number of rotatable bonds is 7. The zero-order valence-corrected chi connectivity index (χ0v) is 20.3. The van der Waals surface area contributed by atoms with E-state index in [1.54, 1.807) is 25.7 Å². The summed E-state index contributed by atoms with van der Waals surface area (Å²) in [5, 5.41) is 0. The van der Waals surface area contributed by atoms with Gasteiger partial charge in [-0.1, -0.05) is 77.0 Å². The fourth-order valence-electron chi connectivity index (χ4n) is 4.33. The molecule has 0 spiro atoms. The first-order valence-electron chi connectivity index (χ1n) is 11.8. The topological polar surface area (TPSA) is 27.7 Å². The molecule has 0 N–H and O–H groups in total. The van der Waals surface area contributed by atoms with Crippen molar-refractivity contribution in [2.45, 2.75) is 137 Å². The summed E-state index contributed by atoms with van der Waals surface area (Å²) in [6.07, 6.45) is 19.0. The minimum atomic E-state index is -1.91. The Kier molecular flexibility index (Phi) is 14.0. The Morgan fingerprint density at radius 3 is 0.963 bits per heavy atom. The number of hydrogen-bond acceptors (Lipinski definition) is 3. The van der Waals surface area contributed by atoms with Gasteiger partial charge >= 0.3 is 9.53 Å². The van der Waals surface area contributed by atoms with Crippen molar-refractivity contribution in [1.29, 1.82) is 0 Å². The molecule has 2 fully saturated rings. The van der Waals surface area contributed by atoms with E-state index >= 15 is 0 Å². The maximum Gasteiger partial charge on any atom is 0.484 e. The quantitative estimate of drug-likeness (QED) is 0.343. The van der Waals surface area contributed by atoms with Gasteiger partial charge in [-0.2, -0.15) is 0 Å². The van der Waals surface area contributed by atoms with Gasteiger partial charge in [-0.3, -0.25) is 0 Å². The maximum absolute atomic E-state index is 5.57. The summed E-state index contributed by atoms with van der Waals surface area (Å²) in [5.74, 6) is 2.24. The normalized spacial score (nSPS) is 20.7. The molecule has 0 saturated heterocycles. The summed E-state index contributed by atoms with van der Waals surface area (Å²) in [6, 6.07) is 0. The Morgan fingerprint density at radius 1 is 0.481 bits per heavy atom. The molecule has 2 aliphatic rings. The van der Waals surface area contributed by atoms with Gasteiger partial charge in [-0.15, -0.1) is 0 Å². The van der Waals surface area contributed by atoms with Crippen molar-refractivity contribution in [2.75, 3.05) is 0 Å².